The van der Waals surface area contributed by atoms with Gasteiger partial charge in [0, 0.05) is 24.7 Å². The van der Waals surface area contributed by atoms with E-state index in [1.54, 1.807) is 0 Å². The Morgan fingerprint density at radius 3 is 2.65 bits per heavy atom. The lowest BCUT2D eigenvalue weighted by Gasteiger charge is -2.55. The number of rotatable bonds is 5. The van der Waals surface area contributed by atoms with E-state index in [-0.39, 0.29) is 11.9 Å². The van der Waals surface area contributed by atoms with Gasteiger partial charge < -0.3 is 5.32 Å². The number of nitrogens with one attached hydrogen (secondary N) is 1. The highest BCUT2D eigenvalue weighted by molar-refractivity contribution is 5.95. The molecular formula is C22H29N3O. The molecule has 2 aliphatic rings. The minimum absolute atomic E-state index is 0.0415. The minimum Gasteiger partial charge on any atom is -0.348 e. The van der Waals surface area contributed by atoms with Crippen molar-refractivity contribution < 1.29 is 4.79 Å². The van der Waals surface area contributed by atoms with Gasteiger partial charge in [0.15, 0.2) is 0 Å². The van der Waals surface area contributed by atoms with Gasteiger partial charge in [0.2, 0.25) is 0 Å². The Morgan fingerprint density at radius 1 is 1.19 bits per heavy atom. The maximum atomic E-state index is 13.0. The van der Waals surface area contributed by atoms with Crippen LogP contribution in [0.25, 0.3) is 0 Å². The van der Waals surface area contributed by atoms with Crippen molar-refractivity contribution >= 4 is 5.91 Å². The lowest BCUT2D eigenvalue weighted by Crippen LogP contribution is -2.59. The number of fused-ring (bicyclic) bond motifs is 1. The molecule has 1 amide bonds. The predicted molar refractivity (Wildman–Crippen MR) is 103 cm³/mol. The van der Waals surface area contributed by atoms with Crippen LogP contribution in [-0.4, -0.2) is 21.7 Å². The third-order valence-corrected chi connectivity index (χ3v) is 6.31. The molecule has 1 aromatic carbocycles. The molecule has 1 aromatic heterocycles. The largest absolute Gasteiger partial charge is 0.348 e. The van der Waals surface area contributed by atoms with Crippen molar-refractivity contribution in [3.05, 3.63) is 53.3 Å². The van der Waals surface area contributed by atoms with Crippen molar-refractivity contribution in [2.45, 2.75) is 64.5 Å². The van der Waals surface area contributed by atoms with Gasteiger partial charge >= 0.3 is 0 Å². The average molecular weight is 351 g/mol. The number of carbonyl (C=O) groups excluding carboxylic acids is 1. The molecule has 2 aliphatic carbocycles. The zero-order valence-corrected chi connectivity index (χ0v) is 15.8. The molecule has 0 saturated heterocycles. The number of hydrogen-bond acceptors (Lipinski definition) is 2. The number of aryl methyl sites for hydroxylation is 2. The fraction of sp³-hybridized carbons (Fsp3) is 0.545. The maximum absolute atomic E-state index is 13.0. The molecule has 4 rings (SSSR count). The molecule has 1 heterocycles. The summed E-state index contributed by atoms with van der Waals surface area (Å²) in [7, 11) is 0. The van der Waals surface area contributed by atoms with Crippen molar-refractivity contribution in [3.63, 3.8) is 0 Å². The van der Waals surface area contributed by atoms with Crippen LogP contribution in [0.5, 0.6) is 0 Å². The summed E-state index contributed by atoms with van der Waals surface area (Å²) in [6.45, 7) is 4.91. The Morgan fingerprint density at radius 2 is 1.92 bits per heavy atom. The van der Waals surface area contributed by atoms with Gasteiger partial charge in [-0.25, -0.2) is 0 Å². The quantitative estimate of drug-likeness (QED) is 0.873. The molecule has 26 heavy (non-hydrogen) atoms. The van der Waals surface area contributed by atoms with E-state index < -0.39 is 0 Å². The van der Waals surface area contributed by atoms with Crippen LogP contribution < -0.4 is 5.32 Å². The van der Waals surface area contributed by atoms with Crippen LogP contribution in [-0.2, 0) is 6.54 Å². The second kappa shape index (κ2) is 7.26. The summed E-state index contributed by atoms with van der Waals surface area (Å²) in [6.07, 6.45) is 8.08. The summed E-state index contributed by atoms with van der Waals surface area (Å²) in [4.78, 5) is 13.0. The molecule has 0 unspecified atom stereocenters. The predicted octanol–water partition coefficient (Wildman–Crippen LogP) is 4.30. The van der Waals surface area contributed by atoms with Crippen molar-refractivity contribution in [2.75, 3.05) is 0 Å². The minimum atomic E-state index is 0.0415. The van der Waals surface area contributed by atoms with E-state index in [1.807, 2.05) is 17.8 Å². The molecule has 138 valence electrons. The fourth-order valence-corrected chi connectivity index (χ4v) is 5.11. The van der Waals surface area contributed by atoms with E-state index in [9.17, 15) is 4.79 Å². The highest BCUT2D eigenvalue weighted by atomic mass is 16.1. The van der Waals surface area contributed by atoms with Crippen molar-refractivity contribution in [1.29, 1.82) is 0 Å². The number of nitrogens with zero attached hydrogens (tertiary/aromatic N) is 2. The molecule has 2 saturated carbocycles. The number of benzene rings is 1. The molecule has 1 N–H and O–H groups in total. The second-order valence-corrected chi connectivity index (χ2v) is 7.94. The summed E-state index contributed by atoms with van der Waals surface area (Å²) >= 11 is 0. The summed E-state index contributed by atoms with van der Waals surface area (Å²) in [5.74, 6) is 1.85. The van der Waals surface area contributed by atoms with E-state index in [1.165, 1.54) is 31.2 Å². The number of amides is 1. The van der Waals surface area contributed by atoms with Crippen LogP contribution in [0.15, 0.2) is 36.5 Å². The molecule has 0 spiro atoms. The first kappa shape index (κ1) is 17.3. The van der Waals surface area contributed by atoms with E-state index >= 15 is 0 Å². The summed E-state index contributed by atoms with van der Waals surface area (Å²) in [6, 6.07) is 11.0. The van der Waals surface area contributed by atoms with Crippen LogP contribution in [0.3, 0.4) is 0 Å². The number of aromatic nitrogens is 2. The molecule has 2 aromatic rings. The normalized spacial score (nSPS) is 27.5. The third kappa shape index (κ3) is 3.06. The van der Waals surface area contributed by atoms with Gasteiger partial charge in [-0.3, -0.25) is 9.48 Å². The summed E-state index contributed by atoms with van der Waals surface area (Å²) < 4.78 is 1.89. The highest BCUT2D eigenvalue weighted by Crippen LogP contribution is 2.54. The van der Waals surface area contributed by atoms with Crippen LogP contribution >= 0.6 is 0 Å². The van der Waals surface area contributed by atoms with Gasteiger partial charge in [-0.1, -0.05) is 50.1 Å². The van der Waals surface area contributed by atoms with Crippen LogP contribution in [0, 0.1) is 18.8 Å². The standard InChI is InChI=1S/C22H29N3O/c1-3-13-25-14-19(15(2)24-25)22(26)23-21-18-12-8-7-11-17(18)20(21)16-9-5-4-6-10-16/h4-6,9-10,14,17-18,20-21H,3,7-8,11-13H2,1-2H3,(H,23,26)/t17-,18+,20+,21+/m1/s1. The maximum Gasteiger partial charge on any atom is 0.254 e. The lowest BCUT2D eigenvalue weighted by atomic mass is 9.53. The van der Waals surface area contributed by atoms with Gasteiger partial charge in [-0.2, -0.15) is 5.10 Å². The smallest absolute Gasteiger partial charge is 0.254 e. The Labute approximate surface area is 156 Å². The Kier molecular flexibility index (Phi) is 4.84. The molecule has 4 heteroatoms. The third-order valence-electron chi connectivity index (χ3n) is 6.31. The van der Waals surface area contributed by atoms with Crippen molar-refractivity contribution in [3.8, 4) is 0 Å². The summed E-state index contributed by atoms with van der Waals surface area (Å²) in [5.41, 5.74) is 2.93. The van der Waals surface area contributed by atoms with Crippen molar-refractivity contribution in [1.82, 2.24) is 15.1 Å². The van der Waals surface area contributed by atoms with E-state index in [2.05, 4.69) is 47.7 Å². The first-order valence-electron chi connectivity index (χ1n) is 10.1. The van der Waals surface area contributed by atoms with Crippen LogP contribution in [0.2, 0.25) is 0 Å². The lowest BCUT2D eigenvalue weighted by molar-refractivity contribution is 0.0252. The average Bonchev–Trinajstić information content (AvgIpc) is 3.01. The Hall–Kier alpha value is -2.10. The van der Waals surface area contributed by atoms with E-state index in [4.69, 9.17) is 0 Å². The van der Waals surface area contributed by atoms with Gasteiger partial charge in [0.05, 0.1) is 11.3 Å². The number of hydrogen-bond donors (Lipinski definition) is 1. The fourth-order valence-electron chi connectivity index (χ4n) is 5.11. The topological polar surface area (TPSA) is 46.9 Å². The van der Waals surface area contributed by atoms with E-state index in [0.29, 0.717) is 11.8 Å². The molecule has 4 nitrogen and oxygen atoms in total. The van der Waals surface area contributed by atoms with Crippen molar-refractivity contribution in [2.24, 2.45) is 11.8 Å². The molecule has 0 bridgehead atoms. The Balaban J connectivity index is 1.54. The highest BCUT2D eigenvalue weighted by Gasteiger charge is 2.51. The van der Waals surface area contributed by atoms with Crippen LogP contribution in [0.4, 0.5) is 0 Å². The van der Waals surface area contributed by atoms with Gasteiger partial charge in [-0.05, 0) is 43.6 Å². The zero-order chi connectivity index (χ0) is 18.1. The summed E-state index contributed by atoms with van der Waals surface area (Å²) in [5, 5.41) is 7.87. The number of carbonyl (C=O) groups is 1. The molecule has 0 aliphatic heterocycles. The van der Waals surface area contributed by atoms with Gasteiger partial charge in [-0.15, -0.1) is 0 Å². The van der Waals surface area contributed by atoms with Gasteiger partial charge in [0.1, 0.15) is 0 Å². The molecule has 2 fully saturated rings. The van der Waals surface area contributed by atoms with Crippen LogP contribution in [0.1, 0.15) is 66.6 Å². The first-order valence-corrected chi connectivity index (χ1v) is 10.1. The monoisotopic (exact) mass is 351 g/mol. The molecule has 0 radical (unpaired) electrons. The Bertz CT molecular complexity index is 767. The second-order valence-electron chi connectivity index (χ2n) is 7.94. The molecule has 4 atom stereocenters. The first-order chi connectivity index (χ1) is 12.7. The zero-order valence-electron chi connectivity index (χ0n) is 15.8. The van der Waals surface area contributed by atoms with Gasteiger partial charge in [0.25, 0.3) is 5.91 Å². The van der Waals surface area contributed by atoms with E-state index in [0.717, 1.165) is 30.1 Å². The SMILES string of the molecule is CCCn1cc(C(=O)N[C@H]2[C@H]3CCCC[C@H]3[C@@H]2c2ccccc2)c(C)n1. The molecular weight excluding hydrogens is 322 g/mol.